The fourth-order valence-electron chi connectivity index (χ4n) is 2.24. The van der Waals surface area contributed by atoms with Gasteiger partial charge in [0.2, 0.25) is 5.88 Å². The van der Waals surface area contributed by atoms with Crippen LogP contribution in [0, 0.1) is 6.92 Å². The SMILES string of the molecule is Cc1cc(CNC(C)(C)C)cc(OCCN(C)C2CC2)n1. The van der Waals surface area contributed by atoms with Gasteiger partial charge < -0.3 is 15.0 Å². The van der Waals surface area contributed by atoms with Crippen molar-refractivity contribution in [1.29, 1.82) is 0 Å². The molecule has 0 amide bonds. The molecule has 1 aromatic rings. The summed E-state index contributed by atoms with van der Waals surface area (Å²) in [6.45, 7) is 11.0. The van der Waals surface area contributed by atoms with Crippen LogP contribution >= 0.6 is 0 Å². The van der Waals surface area contributed by atoms with E-state index >= 15 is 0 Å². The maximum absolute atomic E-state index is 5.83. The Balaban J connectivity index is 1.85. The van der Waals surface area contributed by atoms with Crippen molar-refractivity contribution in [1.82, 2.24) is 15.2 Å². The first-order valence-electron chi connectivity index (χ1n) is 7.89. The summed E-state index contributed by atoms with van der Waals surface area (Å²) in [6.07, 6.45) is 2.67. The summed E-state index contributed by atoms with van der Waals surface area (Å²) in [6, 6.07) is 4.94. The van der Waals surface area contributed by atoms with E-state index in [-0.39, 0.29) is 5.54 Å². The number of aryl methyl sites for hydroxylation is 1. The zero-order valence-electron chi connectivity index (χ0n) is 14.1. The molecule has 1 fully saturated rings. The molecule has 1 saturated carbocycles. The van der Waals surface area contributed by atoms with Gasteiger partial charge in [0.15, 0.2) is 0 Å². The van der Waals surface area contributed by atoms with E-state index in [0.29, 0.717) is 6.61 Å². The summed E-state index contributed by atoms with van der Waals surface area (Å²) in [5, 5.41) is 3.50. The minimum absolute atomic E-state index is 0.116. The molecule has 1 aliphatic carbocycles. The number of aromatic nitrogens is 1. The second kappa shape index (κ2) is 6.75. The summed E-state index contributed by atoms with van der Waals surface area (Å²) in [5.41, 5.74) is 2.35. The molecule has 1 heterocycles. The molecule has 0 aliphatic heterocycles. The number of hydrogen-bond acceptors (Lipinski definition) is 4. The highest BCUT2D eigenvalue weighted by Crippen LogP contribution is 2.24. The Kier molecular flexibility index (Phi) is 5.22. The Morgan fingerprint density at radius 1 is 1.33 bits per heavy atom. The molecular formula is C17H29N3O. The number of nitrogens with zero attached hydrogens (tertiary/aromatic N) is 2. The molecule has 21 heavy (non-hydrogen) atoms. The van der Waals surface area contributed by atoms with Gasteiger partial charge in [-0.15, -0.1) is 0 Å². The van der Waals surface area contributed by atoms with E-state index in [0.717, 1.165) is 30.7 Å². The molecule has 0 spiro atoms. The number of ether oxygens (including phenoxy) is 1. The smallest absolute Gasteiger partial charge is 0.213 e. The second-order valence-corrected chi connectivity index (χ2v) is 7.12. The zero-order valence-corrected chi connectivity index (χ0v) is 14.1. The van der Waals surface area contributed by atoms with Gasteiger partial charge >= 0.3 is 0 Å². The van der Waals surface area contributed by atoms with Gasteiger partial charge in [-0.2, -0.15) is 0 Å². The van der Waals surface area contributed by atoms with Crippen LogP contribution in [0.2, 0.25) is 0 Å². The molecule has 4 nitrogen and oxygen atoms in total. The molecule has 0 radical (unpaired) electrons. The van der Waals surface area contributed by atoms with Crippen LogP contribution in [0.5, 0.6) is 5.88 Å². The second-order valence-electron chi connectivity index (χ2n) is 7.12. The minimum Gasteiger partial charge on any atom is -0.476 e. The van der Waals surface area contributed by atoms with Crippen LogP contribution < -0.4 is 10.1 Å². The minimum atomic E-state index is 0.116. The van der Waals surface area contributed by atoms with Crippen molar-refractivity contribution in [3.05, 3.63) is 23.4 Å². The van der Waals surface area contributed by atoms with E-state index in [1.807, 2.05) is 13.0 Å². The number of hydrogen-bond donors (Lipinski definition) is 1. The van der Waals surface area contributed by atoms with E-state index in [1.165, 1.54) is 18.4 Å². The monoisotopic (exact) mass is 291 g/mol. The molecule has 1 N–H and O–H groups in total. The standard InChI is InChI=1S/C17H29N3O/c1-13-10-14(12-18-17(2,3)4)11-16(19-13)21-9-8-20(5)15-6-7-15/h10-11,15,18H,6-9,12H2,1-5H3. The summed E-state index contributed by atoms with van der Waals surface area (Å²) >= 11 is 0. The average molecular weight is 291 g/mol. The molecule has 0 aromatic carbocycles. The molecule has 0 saturated heterocycles. The van der Waals surface area contributed by atoms with Gasteiger partial charge in [0.25, 0.3) is 0 Å². The van der Waals surface area contributed by atoms with E-state index in [1.54, 1.807) is 0 Å². The zero-order chi connectivity index (χ0) is 15.5. The predicted molar refractivity (Wildman–Crippen MR) is 86.7 cm³/mol. The highest BCUT2D eigenvalue weighted by atomic mass is 16.5. The number of rotatable bonds is 7. The molecule has 1 aromatic heterocycles. The van der Waals surface area contributed by atoms with Gasteiger partial charge in [-0.3, -0.25) is 0 Å². The van der Waals surface area contributed by atoms with Crippen LogP contribution in [0.1, 0.15) is 44.9 Å². The van der Waals surface area contributed by atoms with Crippen molar-refractivity contribution in [3.63, 3.8) is 0 Å². The van der Waals surface area contributed by atoms with E-state index in [9.17, 15) is 0 Å². The quantitative estimate of drug-likeness (QED) is 0.838. The maximum Gasteiger partial charge on any atom is 0.213 e. The van der Waals surface area contributed by atoms with Gasteiger partial charge in [0.05, 0.1) is 0 Å². The van der Waals surface area contributed by atoms with Crippen LogP contribution in [-0.4, -0.2) is 41.7 Å². The lowest BCUT2D eigenvalue weighted by atomic mass is 10.1. The van der Waals surface area contributed by atoms with Crippen LogP contribution in [0.25, 0.3) is 0 Å². The molecule has 118 valence electrons. The fraction of sp³-hybridized carbons (Fsp3) is 0.706. The molecule has 0 unspecified atom stereocenters. The Hall–Kier alpha value is -1.13. The number of nitrogens with one attached hydrogen (secondary N) is 1. The molecule has 1 aliphatic rings. The van der Waals surface area contributed by atoms with Gasteiger partial charge in [-0.1, -0.05) is 0 Å². The van der Waals surface area contributed by atoms with Crippen molar-refractivity contribution in [2.75, 3.05) is 20.2 Å². The van der Waals surface area contributed by atoms with Crippen LogP contribution in [0.15, 0.2) is 12.1 Å². The topological polar surface area (TPSA) is 37.4 Å². The van der Waals surface area contributed by atoms with Crippen molar-refractivity contribution < 1.29 is 4.74 Å². The Labute approximate surface area is 128 Å². The lowest BCUT2D eigenvalue weighted by Gasteiger charge is -2.21. The summed E-state index contributed by atoms with van der Waals surface area (Å²) in [4.78, 5) is 6.84. The van der Waals surface area contributed by atoms with Crippen molar-refractivity contribution in [2.45, 2.75) is 58.7 Å². The normalized spacial score (nSPS) is 15.5. The van der Waals surface area contributed by atoms with Gasteiger partial charge in [0.1, 0.15) is 6.61 Å². The first-order chi connectivity index (χ1) is 9.83. The van der Waals surface area contributed by atoms with E-state index in [2.05, 4.69) is 49.1 Å². The van der Waals surface area contributed by atoms with E-state index in [4.69, 9.17) is 4.74 Å². The average Bonchev–Trinajstić information content (AvgIpc) is 3.19. The summed E-state index contributed by atoms with van der Waals surface area (Å²) in [5.74, 6) is 0.741. The molecule has 2 rings (SSSR count). The third-order valence-corrected chi connectivity index (χ3v) is 3.68. The van der Waals surface area contributed by atoms with Crippen molar-refractivity contribution >= 4 is 0 Å². The van der Waals surface area contributed by atoms with E-state index < -0.39 is 0 Å². The van der Waals surface area contributed by atoms with Gasteiger partial charge in [0, 0.05) is 36.4 Å². The van der Waals surface area contributed by atoms with Gasteiger partial charge in [-0.25, -0.2) is 4.98 Å². The lowest BCUT2D eigenvalue weighted by molar-refractivity contribution is 0.226. The number of likely N-dealkylation sites (N-methyl/N-ethyl adjacent to an activating group) is 1. The summed E-state index contributed by atoms with van der Waals surface area (Å²) in [7, 11) is 2.17. The lowest BCUT2D eigenvalue weighted by Crippen LogP contribution is -2.35. The van der Waals surface area contributed by atoms with Crippen LogP contribution in [-0.2, 0) is 6.54 Å². The predicted octanol–water partition coefficient (Wildman–Crippen LogP) is 2.75. The third kappa shape index (κ3) is 6.02. The Morgan fingerprint density at radius 2 is 2.05 bits per heavy atom. The highest BCUT2D eigenvalue weighted by Gasteiger charge is 2.25. The molecule has 0 bridgehead atoms. The first-order valence-corrected chi connectivity index (χ1v) is 7.89. The van der Waals surface area contributed by atoms with Crippen LogP contribution in [0.4, 0.5) is 0 Å². The number of pyridine rings is 1. The molecule has 4 heteroatoms. The van der Waals surface area contributed by atoms with Crippen LogP contribution in [0.3, 0.4) is 0 Å². The third-order valence-electron chi connectivity index (χ3n) is 3.68. The Morgan fingerprint density at radius 3 is 2.67 bits per heavy atom. The Bertz CT molecular complexity index is 464. The molecular weight excluding hydrogens is 262 g/mol. The largest absolute Gasteiger partial charge is 0.476 e. The maximum atomic E-state index is 5.83. The first kappa shape index (κ1) is 16.2. The summed E-state index contributed by atoms with van der Waals surface area (Å²) < 4.78 is 5.83. The molecule has 0 atom stereocenters. The van der Waals surface area contributed by atoms with Gasteiger partial charge in [-0.05, 0) is 59.2 Å². The fourth-order valence-corrected chi connectivity index (χ4v) is 2.24. The van der Waals surface area contributed by atoms with Crippen molar-refractivity contribution in [2.24, 2.45) is 0 Å². The highest BCUT2D eigenvalue weighted by molar-refractivity contribution is 5.24. The van der Waals surface area contributed by atoms with Crippen molar-refractivity contribution in [3.8, 4) is 5.88 Å².